The van der Waals surface area contributed by atoms with Crippen molar-refractivity contribution in [1.82, 2.24) is 5.32 Å². The number of halogens is 1. The lowest BCUT2D eigenvalue weighted by molar-refractivity contribution is 0.171. The zero-order valence-electron chi connectivity index (χ0n) is 14.5. The molecule has 2 rings (SSSR count). The van der Waals surface area contributed by atoms with Crippen molar-refractivity contribution in [2.24, 2.45) is 0 Å². The molecule has 0 heterocycles. The van der Waals surface area contributed by atoms with Crippen LogP contribution in [0, 0.1) is 0 Å². The first-order valence-corrected chi connectivity index (χ1v) is 10.8. The average Bonchev–Trinajstić information content (AvgIpc) is 2.60. The molecule has 3 N–H and O–H groups in total. The zero-order chi connectivity index (χ0) is 19.2. The van der Waals surface area contributed by atoms with Gasteiger partial charge in [0.05, 0.1) is 31.2 Å². The number of benzene rings is 2. The van der Waals surface area contributed by atoms with Gasteiger partial charge in [0.1, 0.15) is 0 Å². The van der Waals surface area contributed by atoms with Gasteiger partial charge in [-0.25, -0.2) is 8.42 Å². The van der Waals surface area contributed by atoms with Gasteiger partial charge in [-0.05, 0) is 39.2 Å². The minimum Gasteiger partial charge on any atom is -0.395 e. The number of aliphatic hydroxyl groups is 2. The van der Waals surface area contributed by atoms with Crippen LogP contribution in [0.2, 0.25) is 0 Å². The van der Waals surface area contributed by atoms with Crippen LogP contribution < -0.4 is 9.62 Å². The van der Waals surface area contributed by atoms with Gasteiger partial charge in [-0.2, -0.15) is 0 Å². The van der Waals surface area contributed by atoms with Crippen LogP contribution in [0.3, 0.4) is 0 Å². The lowest BCUT2D eigenvalue weighted by Gasteiger charge is -2.25. The molecular formula is C18H23BrN2O4S. The van der Waals surface area contributed by atoms with E-state index in [-0.39, 0.29) is 19.7 Å². The number of nitrogens with zero attached hydrogens (tertiary/aromatic N) is 1. The van der Waals surface area contributed by atoms with Gasteiger partial charge in [0.15, 0.2) is 0 Å². The van der Waals surface area contributed by atoms with Crippen molar-refractivity contribution in [3.05, 3.63) is 64.1 Å². The number of rotatable bonds is 9. The minimum atomic E-state index is -3.53. The fraction of sp³-hybridized carbons (Fsp3) is 0.333. The maximum Gasteiger partial charge on any atom is 0.232 e. The molecule has 6 nitrogen and oxygen atoms in total. The molecule has 142 valence electrons. The van der Waals surface area contributed by atoms with Crippen molar-refractivity contribution < 1.29 is 18.6 Å². The van der Waals surface area contributed by atoms with Crippen molar-refractivity contribution in [1.29, 1.82) is 0 Å². The molecule has 0 fully saturated rings. The Morgan fingerprint density at radius 2 is 1.88 bits per heavy atom. The molecule has 0 aliphatic heterocycles. The van der Waals surface area contributed by atoms with Gasteiger partial charge in [0, 0.05) is 17.6 Å². The van der Waals surface area contributed by atoms with Crippen LogP contribution in [0.25, 0.3) is 0 Å². The summed E-state index contributed by atoms with van der Waals surface area (Å²) in [5.74, 6) is 0. The van der Waals surface area contributed by atoms with Gasteiger partial charge in [0.25, 0.3) is 0 Å². The van der Waals surface area contributed by atoms with Crippen molar-refractivity contribution >= 4 is 31.6 Å². The Bertz CT molecular complexity index is 815. The Kier molecular flexibility index (Phi) is 7.60. The third-order valence-electron chi connectivity index (χ3n) is 3.82. The van der Waals surface area contributed by atoms with Crippen molar-refractivity contribution in [3.63, 3.8) is 0 Å². The largest absolute Gasteiger partial charge is 0.395 e. The molecule has 0 aromatic heterocycles. The molecule has 0 saturated carbocycles. The summed E-state index contributed by atoms with van der Waals surface area (Å²) < 4.78 is 26.7. The second kappa shape index (κ2) is 9.48. The highest BCUT2D eigenvalue weighted by molar-refractivity contribution is 9.10. The summed E-state index contributed by atoms with van der Waals surface area (Å²) in [7, 11) is -3.53. The molecule has 2 aromatic rings. The van der Waals surface area contributed by atoms with Gasteiger partial charge in [-0.15, -0.1) is 0 Å². The number of anilines is 1. The number of hydrogen-bond donors (Lipinski definition) is 3. The number of aliphatic hydroxyl groups excluding tert-OH is 2. The van der Waals surface area contributed by atoms with E-state index in [0.29, 0.717) is 22.3 Å². The summed E-state index contributed by atoms with van der Waals surface area (Å²) in [5.41, 5.74) is 1.92. The minimum absolute atomic E-state index is 0.0166. The summed E-state index contributed by atoms with van der Waals surface area (Å²) in [6.07, 6.45) is 0.348. The van der Waals surface area contributed by atoms with Gasteiger partial charge in [-0.3, -0.25) is 4.31 Å². The van der Waals surface area contributed by atoms with E-state index in [1.165, 1.54) is 4.31 Å². The molecule has 0 amide bonds. The van der Waals surface area contributed by atoms with Gasteiger partial charge in [0.2, 0.25) is 10.0 Å². The second-order valence-electron chi connectivity index (χ2n) is 5.91. The van der Waals surface area contributed by atoms with Crippen molar-refractivity contribution in [3.8, 4) is 0 Å². The monoisotopic (exact) mass is 442 g/mol. The highest BCUT2D eigenvalue weighted by Gasteiger charge is 2.22. The Balaban J connectivity index is 2.33. The van der Waals surface area contributed by atoms with E-state index in [2.05, 4.69) is 21.2 Å². The van der Waals surface area contributed by atoms with Crippen LogP contribution >= 0.6 is 15.9 Å². The molecule has 8 heteroatoms. The van der Waals surface area contributed by atoms with Crippen molar-refractivity contribution in [2.45, 2.75) is 12.6 Å². The average molecular weight is 443 g/mol. The van der Waals surface area contributed by atoms with Crippen LogP contribution in [0.15, 0.2) is 53.0 Å². The topological polar surface area (TPSA) is 89.9 Å². The molecule has 0 saturated heterocycles. The summed E-state index contributed by atoms with van der Waals surface area (Å²) >= 11 is 3.41. The molecule has 0 bridgehead atoms. The Labute approximate surface area is 162 Å². The normalized spacial score (nSPS) is 12.8. The molecule has 1 unspecified atom stereocenters. The maximum absolute atomic E-state index is 12.4. The van der Waals surface area contributed by atoms with Crippen molar-refractivity contribution in [2.75, 3.05) is 30.3 Å². The summed E-state index contributed by atoms with van der Waals surface area (Å²) in [4.78, 5) is 0. The molecule has 0 aliphatic carbocycles. The summed E-state index contributed by atoms with van der Waals surface area (Å²) in [6.45, 7) is 0.820. The lowest BCUT2D eigenvalue weighted by Crippen LogP contribution is -2.30. The van der Waals surface area contributed by atoms with E-state index in [9.17, 15) is 13.5 Å². The second-order valence-corrected chi connectivity index (χ2v) is 8.67. The van der Waals surface area contributed by atoms with Gasteiger partial charge < -0.3 is 15.5 Å². The number of nitrogens with one attached hydrogen (secondary N) is 1. The predicted octanol–water partition coefficient (Wildman–Crippen LogP) is 2.03. The van der Waals surface area contributed by atoms with E-state index >= 15 is 0 Å². The highest BCUT2D eigenvalue weighted by Crippen LogP contribution is 2.32. The fourth-order valence-electron chi connectivity index (χ4n) is 2.49. The van der Waals surface area contributed by atoms with E-state index in [1.807, 2.05) is 30.3 Å². The predicted molar refractivity (Wildman–Crippen MR) is 107 cm³/mol. The van der Waals surface area contributed by atoms with E-state index in [4.69, 9.17) is 5.11 Å². The SMILES string of the molecule is CS(=O)(=O)N(Cc1ccccc1)c1cc(C(O)CNCCO)ccc1Br. The first-order valence-electron chi connectivity index (χ1n) is 8.13. The third-order valence-corrected chi connectivity index (χ3v) is 5.62. The fourth-order valence-corrected chi connectivity index (χ4v) is 3.96. The summed E-state index contributed by atoms with van der Waals surface area (Å²) in [6, 6.07) is 14.5. The van der Waals surface area contributed by atoms with E-state index in [0.717, 1.165) is 11.8 Å². The smallest absolute Gasteiger partial charge is 0.232 e. The Morgan fingerprint density at radius 1 is 1.19 bits per heavy atom. The zero-order valence-corrected chi connectivity index (χ0v) is 16.9. The molecule has 26 heavy (non-hydrogen) atoms. The van der Waals surface area contributed by atoms with Gasteiger partial charge >= 0.3 is 0 Å². The van der Waals surface area contributed by atoms with Crippen LogP contribution in [-0.2, 0) is 16.6 Å². The first kappa shape index (κ1) is 20.9. The highest BCUT2D eigenvalue weighted by atomic mass is 79.9. The lowest BCUT2D eigenvalue weighted by atomic mass is 10.1. The summed E-state index contributed by atoms with van der Waals surface area (Å²) in [5, 5.41) is 22.0. The number of hydrogen-bond acceptors (Lipinski definition) is 5. The van der Waals surface area contributed by atoms with Crippen LogP contribution in [-0.4, -0.2) is 44.6 Å². The Hall–Kier alpha value is -1.45. The number of sulfonamides is 1. The molecule has 0 radical (unpaired) electrons. The first-order chi connectivity index (χ1) is 12.3. The quantitative estimate of drug-likeness (QED) is 0.516. The van der Waals surface area contributed by atoms with Gasteiger partial charge in [-0.1, -0.05) is 36.4 Å². The van der Waals surface area contributed by atoms with Crippen LogP contribution in [0.1, 0.15) is 17.2 Å². The van der Waals surface area contributed by atoms with E-state index < -0.39 is 16.1 Å². The molecule has 2 aromatic carbocycles. The maximum atomic E-state index is 12.4. The van der Waals surface area contributed by atoms with Crippen LogP contribution in [0.4, 0.5) is 5.69 Å². The molecular weight excluding hydrogens is 420 g/mol. The standard InChI is InChI=1S/C18H23BrN2O4S/c1-26(24,25)21(13-14-5-3-2-4-6-14)17-11-15(7-8-16(17)19)18(23)12-20-9-10-22/h2-8,11,18,20,22-23H,9-10,12-13H2,1H3. The van der Waals surface area contributed by atoms with E-state index in [1.54, 1.807) is 18.2 Å². The van der Waals surface area contributed by atoms with Crippen LogP contribution in [0.5, 0.6) is 0 Å². The molecule has 1 atom stereocenters. The molecule has 0 spiro atoms. The third kappa shape index (κ3) is 5.78. The molecule has 0 aliphatic rings. The Morgan fingerprint density at radius 3 is 2.50 bits per heavy atom.